The van der Waals surface area contributed by atoms with Crippen molar-refractivity contribution in [3.8, 4) is 5.75 Å². The maximum absolute atomic E-state index is 12.0. The van der Waals surface area contributed by atoms with E-state index in [4.69, 9.17) is 4.74 Å². The molecule has 23 heavy (non-hydrogen) atoms. The lowest BCUT2D eigenvalue weighted by Gasteiger charge is -2.08. The molecule has 4 nitrogen and oxygen atoms in total. The van der Waals surface area contributed by atoms with E-state index >= 15 is 0 Å². The van der Waals surface area contributed by atoms with Crippen LogP contribution in [0.4, 0.5) is 0 Å². The molecule has 0 saturated carbocycles. The molecule has 0 saturated heterocycles. The number of hydrazone groups is 1. The van der Waals surface area contributed by atoms with E-state index in [0.29, 0.717) is 11.3 Å². The maximum atomic E-state index is 12.0. The molecule has 0 aliphatic heterocycles. The number of carbonyl (C=O) groups is 1. The van der Waals surface area contributed by atoms with Crippen molar-refractivity contribution >= 4 is 22.9 Å². The number of rotatable bonds is 4. The molecule has 0 atom stereocenters. The first kappa shape index (κ1) is 14.8. The molecule has 3 aromatic rings. The molecule has 0 bridgehead atoms. The minimum atomic E-state index is -0.249. The summed E-state index contributed by atoms with van der Waals surface area (Å²) in [6.07, 6.45) is 1.61. The fraction of sp³-hybridized carbons (Fsp3) is 0.0526. The van der Waals surface area contributed by atoms with Crippen molar-refractivity contribution in [1.82, 2.24) is 5.43 Å². The van der Waals surface area contributed by atoms with Gasteiger partial charge < -0.3 is 4.74 Å². The van der Waals surface area contributed by atoms with E-state index in [2.05, 4.69) is 10.5 Å². The molecule has 0 aromatic heterocycles. The third-order valence-electron chi connectivity index (χ3n) is 3.55. The van der Waals surface area contributed by atoms with E-state index in [0.717, 1.165) is 16.3 Å². The minimum absolute atomic E-state index is 0.249. The van der Waals surface area contributed by atoms with Gasteiger partial charge in [0.15, 0.2) is 0 Å². The van der Waals surface area contributed by atoms with Gasteiger partial charge in [-0.3, -0.25) is 4.79 Å². The number of ether oxygens (including phenoxy) is 1. The van der Waals surface area contributed by atoms with Gasteiger partial charge in [-0.25, -0.2) is 5.43 Å². The Balaban J connectivity index is 1.87. The molecule has 114 valence electrons. The Bertz CT molecular complexity index is 858. The topological polar surface area (TPSA) is 50.7 Å². The van der Waals surface area contributed by atoms with Gasteiger partial charge in [0.1, 0.15) is 5.75 Å². The standard InChI is InChI=1S/C19H16N2O2/c1-23-18-12-11-14-7-5-6-10-16(14)17(18)13-20-21-19(22)15-8-3-2-4-9-15/h2-13H,1H3,(H,21,22)/b20-13+. The molecule has 4 heteroatoms. The molecule has 0 aliphatic carbocycles. The van der Waals surface area contributed by atoms with Crippen molar-refractivity contribution in [3.05, 3.63) is 77.9 Å². The molecular weight excluding hydrogens is 288 g/mol. The molecule has 0 radical (unpaired) electrons. The van der Waals surface area contributed by atoms with Crippen LogP contribution in [0.25, 0.3) is 10.8 Å². The Labute approximate surface area is 134 Å². The number of hydrogen-bond donors (Lipinski definition) is 1. The smallest absolute Gasteiger partial charge is 0.271 e. The molecule has 1 amide bonds. The van der Waals surface area contributed by atoms with E-state index < -0.39 is 0 Å². The van der Waals surface area contributed by atoms with Gasteiger partial charge in [0.25, 0.3) is 5.91 Å². The molecule has 0 fully saturated rings. The van der Waals surface area contributed by atoms with Gasteiger partial charge >= 0.3 is 0 Å². The number of amides is 1. The highest BCUT2D eigenvalue weighted by atomic mass is 16.5. The molecule has 1 N–H and O–H groups in total. The average molecular weight is 304 g/mol. The van der Waals surface area contributed by atoms with Crippen molar-refractivity contribution in [2.45, 2.75) is 0 Å². The summed E-state index contributed by atoms with van der Waals surface area (Å²) in [6, 6.07) is 20.8. The lowest BCUT2D eigenvalue weighted by atomic mass is 10.0. The summed E-state index contributed by atoms with van der Waals surface area (Å²) < 4.78 is 5.39. The number of carbonyl (C=O) groups excluding carboxylic acids is 1. The van der Waals surface area contributed by atoms with Crippen LogP contribution in [0.3, 0.4) is 0 Å². The van der Waals surface area contributed by atoms with Crippen LogP contribution < -0.4 is 10.2 Å². The lowest BCUT2D eigenvalue weighted by Crippen LogP contribution is -2.17. The molecular formula is C19H16N2O2. The highest BCUT2D eigenvalue weighted by molar-refractivity contribution is 6.03. The number of fused-ring (bicyclic) bond motifs is 1. The normalized spacial score (nSPS) is 10.8. The summed E-state index contributed by atoms with van der Waals surface area (Å²) in [6.45, 7) is 0. The second kappa shape index (κ2) is 6.75. The first-order valence-corrected chi connectivity index (χ1v) is 7.24. The number of benzene rings is 3. The Kier molecular flexibility index (Phi) is 4.34. The summed E-state index contributed by atoms with van der Waals surface area (Å²) in [5.74, 6) is 0.461. The zero-order valence-corrected chi connectivity index (χ0v) is 12.7. The Morgan fingerprint density at radius 1 is 1.00 bits per heavy atom. The third-order valence-corrected chi connectivity index (χ3v) is 3.55. The quantitative estimate of drug-likeness (QED) is 0.591. The fourth-order valence-corrected chi connectivity index (χ4v) is 2.40. The second-order valence-electron chi connectivity index (χ2n) is 4.97. The second-order valence-corrected chi connectivity index (χ2v) is 4.97. The summed E-state index contributed by atoms with van der Waals surface area (Å²) in [7, 11) is 1.62. The Hall–Kier alpha value is -3.14. The van der Waals surface area contributed by atoms with Crippen molar-refractivity contribution in [1.29, 1.82) is 0 Å². The lowest BCUT2D eigenvalue weighted by molar-refractivity contribution is 0.0955. The largest absolute Gasteiger partial charge is 0.496 e. The number of nitrogens with one attached hydrogen (secondary N) is 1. The average Bonchev–Trinajstić information content (AvgIpc) is 2.62. The van der Waals surface area contributed by atoms with Gasteiger partial charge in [-0.1, -0.05) is 48.5 Å². The van der Waals surface area contributed by atoms with Crippen LogP contribution in [0.2, 0.25) is 0 Å². The minimum Gasteiger partial charge on any atom is -0.496 e. The zero-order valence-electron chi connectivity index (χ0n) is 12.7. The fourth-order valence-electron chi connectivity index (χ4n) is 2.40. The monoisotopic (exact) mass is 304 g/mol. The van der Waals surface area contributed by atoms with Crippen LogP contribution in [0.1, 0.15) is 15.9 Å². The third kappa shape index (κ3) is 3.21. The summed E-state index contributed by atoms with van der Waals surface area (Å²) in [4.78, 5) is 12.0. The molecule has 0 heterocycles. The van der Waals surface area contributed by atoms with Gasteiger partial charge in [0.05, 0.1) is 13.3 Å². The van der Waals surface area contributed by atoms with E-state index in [-0.39, 0.29) is 5.91 Å². The predicted octanol–water partition coefficient (Wildman–Crippen LogP) is 3.61. The Morgan fingerprint density at radius 3 is 2.52 bits per heavy atom. The van der Waals surface area contributed by atoms with E-state index in [1.54, 1.807) is 25.5 Å². The van der Waals surface area contributed by atoms with E-state index in [1.807, 2.05) is 54.6 Å². The number of methoxy groups -OCH3 is 1. The predicted molar refractivity (Wildman–Crippen MR) is 92.0 cm³/mol. The maximum Gasteiger partial charge on any atom is 0.271 e. The molecule has 0 unspecified atom stereocenters. The Morgan fingerprint density at radius 2 is 1.74 bits per heavy atom. The number of hydrogen-bond acceptors (Lipinski definition) is 3. The van der Waals surface area contributed by atoms with Crippen LogP contribution in [0.5, 0.6) is 5.75 Å². The summed E-state index contributed by atoms with van der Waals surface area (Å²) >= 11 is 0. The highest BCUT2D eigenvalue weighted by Crippen LogP contribution is 2.26. The van der Waals surface area contributed by atoms with Crippen molar-refractivity contribution in [2.24, 2.45) is 5.10 Å². The number of nitrogens with zero attached hydrogens (tertiary/aromatic N) is 1. The van der Waals surface area contributed by atoms with Crippen LogP contribution >= 0.6 is 0 Å². The molecule has 3 aromatic carbocycles. The molecule has 0 spiro atoms. The first-order valence-electron chi connectivity index (χ1n) is 7.24. The van der Waals surface area contributed by atoms with Gasteiger partial charge in [-0.2, -0.15) is 5.10 Å². The van der Waals surface area contributed by atoms with Crippen LogP contribution in [0.15, 0.2) is 71.8 Å². The van der Waals surface area contributed by atoms with Gasteiger partial charge in [0.2, 0.25) is 0 Å². The molecule has 3 rings (SSSR count). The first-order chi connectivity index (χ1) is 11.3. The van der Waals surface area contributed by atoms with Gasteiger partial charge in [-0.15, -0.1) is 0 Å². The SMILES string of the molecule is COc1ccc2ccccc2c1/C=N/NC(=O)c1ccccc1. The van der Waals surface area contributed by atoms with Crippen molar-refractivity contribution in [2.75, 3.05) is 7.11 Å². The van der Waals surface area contributed by atoms with Crippen LogP contribution in [0, 0.1) is 0 Å². The highest BCUT2D eigenvalue weighted by Gasteiger charge is 2.06. The van der Waals surface area contributed by atoms with Crippen molar-refractivity contribution < 1.29 is 9.53 Å². The van der Waals surface area contributed by atoms with E-state index in [9.17, 15) is 4.79 Å². The van der Waals surface area contributed by atoms with Crippen LogP contribution in [-0.4, -0.2) is 19.2 Å². The molecule has 0 aliphatic rings. The van der Waals surface area contributed by atoms with Crippen LogP contribution in [-0.2, 0) is 0 Å². The van der Waals surface area contributed by atoms with E-state index in [1.165, 1.54) is 0 Å². The van der Waals surface area contributed by atoms with Gasteiger partial charge in [-0.05, 0) is 29.0 Å². The summed E-state index contributed by atoms with van der Waals surface area (Å²) in [5, 5.41) is 6.18. The zero-order chi connectivity index (χ0) is 16.1. The summed E-state index contributed by atoms with van der Waals surface area (Å²) in [5.41, 5.74) is 3.94. The van der Waals surface area contributed by atoms with Gasteiger partial charge in [0, 0.05) is 11.1 Å². The van der Waals surface area contributed by atoms with Crippen molar-refractivity contribution in [3.63, 3.8) is 0 Å².